The predicted molar refractivity (Wildman–Crippen MR) is 57.7 cm³/mol. The normalized spacial score (nSPS) is 27.0. The molecule has 0 amide bonds. The van der Waals surface area contributed by atoms with Gasteiger partial charge in [-0.05, 0) is 32.6 Å². The van der Waals surface area contributed by atoms with E-state index in [9.17, 15) is 0 Å². The summed E-state index contributed by atoms with van der Waals surface area (Å²) in [5.41, 5.74) is 6.88. The lowest BCUT2D eigenvalue weighted by Crippen LogP contribution is -2.25. The van der Waals surface area contributed by atoms with Crippen molar-refractivity contribution in [2.24, 2.45) is 5.73 Å². The van der Waals surface area contributed by atoms with Crippen LogP contribution >= 0.6 is 12.4 Å². The minimum atomic E-state index is 0. The van der Waals surface area contributed by atoms with Crippen molar-refractivity contribution >= 4 is 12.4 Å². The first-order chi connectivity index (χ1) is 6.27. The van der Waals surface area contributed by atoms with Crippen LogP contribution in [0.3, 0.4) is 0 Å². The molecule has 0 atom stereocenters. The van der Waals surface area contributed by atoms with Gasteiger partial charge in [-0.1, -0.05) is 0 Å². The highest BCUT2D eigenvalue weighted by Gasteiger charge is 2.23. The number of nitrogens with zero attached hydrogens (tertiary/aromatic N) is 1. The highest BCUT2D eigenvalue weighted by atomic mass is 35.5. The van der Waals surface area contributed by atoms with E-state index in [1.54, 1.807) is 6.39 Å². The molecule has 0 radical (unpaired) electrons. The number of nitrogens with two attached hydrogens (primary N) is 1. The van der Waals surface area contributed by atoms with Crippen LogP contribution in [0.4, 0.5) is 0 Å². The van der Waals surface area contributed by atoms with Gasteiger partial charge in [0.05, 0.1) is 5.69 Å². The van der Waals surface area contributed by atoms with E-state index in [2.05, 4.69) is 4.98 Å². The zero-order valence-electron chi connectivity index (χ0n) is 8.40. The van der Waals surface area contributed by atoms with E-state index in [1.165, 1.54) is 0 Å². The van der Waals surface area contributed by atoms with Crippen LogP contribution in [0.5, 0.6) is 0 Å². The molecule has 0 aliphatic heterocycles. The average molecular weight is 217 g/mol. The Balaban J connectivity index is 0.000000980. The van der Waals surface area contributed by atoms with Crippen molar-refractivity contribution in [2.45, 2.75) is 44.6 Å². The Morgan fingerprint density at radius 1 is 1.36 bits per heavy atom. The molecule has 0 saturated heterocycles. The Labute approximate surface area is 90.5 Å². The standard InChI is InChI=1S/C10H16N2O.ClH/c1-7-10(13-6-12-7)8-2-4-9(11)5-3-8;/h6,8-9H,2-5,11H2,1H3;1H. The smallest absolute Gasteiger partial charge is 0.181 e. The van der Waals surface area contributed by atoms with Crippen LogP contribution in [0.25, 0.3) is 0 Å². The number of hydrogen-bond donors (Lipinski definition) is 1. The van der Waals surface area contributed by atoms with Crippen LogP contribution in [-0.4, -0.2) is 11.0 Å². The molecule has 0 spiro atoms. The molecule has 1 aliphatic carbocycles. The molecule has 4 heteroatoms. The molecular weight excluding hydrogens is 200 g/mol. The molecule has 0 unspecified atom stereocenters. The summed E-state index contributed by atoms with van der Waals surface area (Å²) in [7, 11) is 0. The van der Waals surface area contributed by atoms with E-state index in [0.717, 1.165) is 37.1 Å². The Bertz CT molecular complexity index is 279. The lowest BCUT2D eigenvalue weighted by molar-refractivity contribution is 0.346. The Morgan fingerprint density at radius 3 is 2.50 bits per heavy atom. The molecule has 2 N–H and O–H groups in total. The number of rotatable bonds is 1. The van der Waals surface area contributed by atoms with Crippen LogP contribution < -0.4 is 5.73 Å². The number of oxazole rings is 1. The molecule has 80 valence electrons. The van der Waals surface area contributed by atoms with E-state index >= 15 is 0 Å². The third kappa shape index (κ3) is 2.28. The minimum Gasteiger partial charge on any atom is -0.448 e. The van der Waals surface area contributed by atoms with Gasteiger partial charge in [-0.3, -0.25) is 0 Å². The lowest BCUT2D eigenvalue weighted by atomic mass is 9.84. The fraction of sp³-hybridized carbons (Fsp3) is 0.700. The summed E-state index contributed by atoms with van der Waals surface area (Å²) >= 11 is 0. The predicted octanol–water partition coefficient (Wildman–Crippen LogP) is 2.39. The molecule has 1 heterocycles. The quantitative estimate of drug-likeness (QED) is 0.784. The van der Waals surface area contributed by atoms with Gasteiger partial charge in [-0.25, -0.2) is 4.98 Å². The van der Waals surface area contributed by atoms with Gasteiger partial charge < -0.3 is 10.2 Å². The molecule has 1 aromatic heterocycles. The molecule has 0 aromatic carbocycles. The summed E-state index contributed by atoms with van der Waals surface area (Å²) < 4.78 is 5.39. The Hall–Kier alpha value is -0.540. The second kappa shape index (κ2) is 4.80. The van der Waals surface area contributed by atoms with Crippen molar-refractivity contribution in [3.8, 4) is 0 Å². The molecule has 2 rings (SSSR count). The van der Waals surface area contributed by atoms with Crippen molar-refractivity contribution < 1.29 is 4.42 Å². The first-order valence-electron chi connectivity index (χ1n) is 4.93. The molecule has 3 nitrogen and oxygen atoms in total. The van der Waals surface area contributed by atoms with Crippen molar-refractivity contribution in [3.05, 3.63) is 17.8 Å². The SMILES string of the molecule is Cc1ncoc1C1CCC(N)CC1.Cl. The highest BCUT2D eigenvalue weighted by Crippen LogP contribution is 2.33. The molecule has 1 aromatic rings. The van der Waals surface area contributed by atoms with Gasteiger partial charge in [0.25, 0.3) is 0 Å². The summed E-state index contributed by atoms with van der Waals surface area (Å²) in [6.07, 6.45) is 6.07. The Morgan fingerprint density at radius 2 is 2.00 bits per heavy atom. The van der Waals surface area contributed by atoms with Gasteiger partial charge in [-0.2, -0.15) is 0 Å². The highest BCUT2D eigenvalue weighted by molar-refractivity contribution is 5.85. The summed E-state index contributed by atoms with van der Waals surface area (Å²) in [5, 5.41) is 0. The minimum absolute atomic E-state index is 0. The second-order valence-corrected chi connectivity index (χ2v) is 3.91. The zero-order chi connectivity index (χ0) is 9.26. The Kier molecular flexibility index (Phi) is 3.96. The average Bonchev–Trinajstić information content (AvgIpc) is 2.53. The zero-order valence-corrected chi connectivity index (χ0v) is 9.22. The largest absolute Gasteiger partial charge is 0.448 e. The number of aromatic nitrogens is 1. The van der Waals surface area contributed by atoms with Crippen LogP contribution in [0.15, 0.2) is 10.8 Å². The van der Waals surface area contributed by atoms with Gasteiger partial charge in [0.2, 0.25) is 0 Å². The van der Waals surface area contributed by atoms with Gasteiger partial charge in [0.1, 0.15) is 5.76 Å². The van der Waals surface area contributed by atoms with Crippen LogP contribution in [0.2, 0.25) is 0 Å². The van der Waals surface area contributed by atoms with Crippen LogP contribution in [-0.2, 0) is 0 Å². The maximum Gasteiger partial charge on any atom is 0.181 e. The lowest BCUT2D eigenvalue weighted by Gasteiger charge is -2.24. The van der Waals surface area contributed by atoms with Crippen LogP contribution in [0, 0.1) is 6.92 Å². The molecule has 0 bridgehead atoms. The van der Waals surface area contributed by atoms with E-state index in [4.69, 9.17) is 10.2 Å². The van der Waals surface area contributed by atoms with E-state index < -0.39 is 0 Å². The third-order valence-electron chi connectivity index (χ3n) is 2.93. The number of aryl methyl sites for hydroxylation is 1. The molecule has 1 aliphatic rings. The van der Waals surface area contributed by atoms with Crippen molar-refractivity contribution in [2.75, 3.05) is 0 Å². The molecule has 14 heavy (non-hydrogen) atoms. The topological polar surface area (TPSA) is 52.0 Å². The summed E-state index contributed by atoms with van der Waals surface area (Å²) in [6.45, 7) is 2.01. The molecule has 1 fully saturated rings. The third-order valence-corrected chi connectivity index (χ3v) is 2.93. The van der Waals surface area contributed by atoms with Crippen molar-refractivity contribution in [3.63, 3.8) is 0 Å². The first kappa shape index (κ1) is 11.5. The van der Waals surface area contributed by atoms with E-state index in [-0.39, 0.29) is 12.4 Å². The first-order valence-corrected chi connectivity index (χ1v) is 4.93. The van der Waals surface area contributed by atoms with Gasteiger partial charge in [0.15, 0.2) is 6.39 Å². The molecule has 1 saturated carbocycles. The van der Waals surface area contributed by atoms with E-state index in [1.807, 2.05) is 6.92 Å². The maximum atomic E-state index is 5.84. The number of hydrogen-bond acceptors (Lipinski definition) is 3. The summed E-state index contributed by atoms with van der Waals surface area (Å²) in [5.74, 6) is 1.63. The van der Waals surface area contributed by atoms with Gasteiger partial charge >= 0.3 is 0 Å². The van der Waals surface area contributed by atoms with Crippen molar-refractivity contribution in [1.82, 2.24) is 4.98 Å². The van der Waals surface area contributed by atoms with Gasteiger partial charge in [-0.15, -0.1) is 12.4 Å². The second-order valence-electron chi connectivity index (χ2n) is 3.91. The fourth-order valence-electron chi connectivity index (χ4n) is 2.08. The fourth-order valence-corrected chi connectivity index (χ4v) is 2.08. The number of halogens is 1. The summed E-state index contributed by atoms with van der Waals surface area (Å²) in [4.78, 5) is 4.11. The van der Waals surface area contributed by atoms with Gasteiger partial charge in [0, 0.05) is 12.0 Å². The summed E-state index contributed by atoms with van der Waals surface area (Å²) in [6, 6.07) is 0.402. The van der Waals surface area contributed by atoms with E-state index in [0.29, 0.717) is 12.0 Å². The van der Waals surface area contributed by atoms with Crippen molar-refractivity contribution in [1.29, 1.82) is 0 Å². The maximum absolute atomic E-state index is 5.84. The monoisotopic (exact) mass is 216 g/mol. The molecular formula is C10H17ClN2O. The van der Waals surface area contributed by atoms with Crippen LogP contribution in [0.1, 0.15) is 43.1 Å².